The molecule has 104 valence electrons. The van der Waals surface area contributed by atoms with Crippen LogP contribution in [-0.2, 0) is 0 Å². The smallest absolute Gasteiger partial charge is 0.263 e. The fourth-order valence-electron chi connectivity index (χ4n) is 1.74. The Morgan fingerprint density at radius 3 is 2.71 bits per heavy atom. The summed E-state index contributed by atoms with van der Waals surface area (Å²) >= 11 is 1.07. The van der Waals surface area contributed by atoms with E-state index in [1.807, 2.05) is 30.3 Å². The summed E-state index contributed by atoms with van der Waals surface area (Å²) in [4.78, 5) is 30.2. The van der Waals surface area contributed by atoms with Gasteiger partial charge < -0.3 is 4.98 Å². The van der Waals surface area contributed by atoms with Gasteiger partial charge in [0.25, 0.3) is 11.5 Å². The SMILES string of the molecule is O=C(Nc1nc(-c2ccccc2)ns1)c1ccc[nH]c1=O. The van der Waals surface area contributed by atoms with Gasteiger partial charge in [-0.1, -0.05) is 30.3 Å². The Morgan fingerprint density at radius 2 is 1.95 bits per heavy atom. The number of pyridine rings is 1. The lowest BCUT2D eigenvalue weighted by atomic mass is 10.2. The Balaban J connectivity index is 1.81. The minimum absolute atomic E-state index is 0.0361. The maximum absolute atomic E-state index is 12.0. The van der Waals surface area contributed by atoms with Crippen LogP contribution in [-0.4, -0.2) is 20.2 Å². The minimum Gasteiger partial charge on any atom is -0.328 e. The maximum atomic E-state index is 12.0. The van der Waals surface area contributed by atoms with Gasteiger partial charge in [-0.2, -0.15) is 9.36 Å². The topological polar surface area (TPSA) is 87.7 Å². The van der Waals surface area contributed by atoms with Crippen molar-refractivity contribution in [1.82, 2.24) is 14.3 Å². The molecule has 0 bridgehead atoms. The van der Waals surface area contributed by atoms with Crippen LogP contribution in [0.5, 0.6) is 0 Å². The number of amides is 1. The third-order valence-electron chi connectivity index (χ3n) is 2.74. The average molecular weight is 298 g/mol. The number of benzene rings is 1. The molecule has 3 aromatic rings. The monoisotopic (exact) mass is 298 g/mol. The van der Waals surface area contributed by atoms with E-state index in [0.717, 1.165) is 17.1 Å². The lowest BCUT2D eigenvalue weighted by molar-refractivity contribution is 0.102. The number of anilines is 1. The lowest BCUT2D eigenvalue weighted by Gasteiger charge is -1.99. The molecule has 2 N–H and O–H groups in total. The standard InChI is InChI=1S/C14H10N4O2S/c19-12-10(7-4-8-15-12)13(20)17-14-16-11(18-21-14)9-5-2-1-3-6-9/h1-8H,(H,15,19)(H,16,17,18,20). The highest BCUT2D eigenvalue weighted by Gasteiger charge is 2.13. The molecular formula is C14H10N4O2S. The second-order valence-corrected chi connectivity index (χ2v) is 4.91. The molecule has 0 aliphatic heterocycles. The van der Waals surface area contributed by atoms with Crippen LogP contribution in [0.4, 0.5) is 5.13 Å². The first-order valence-electron chi connectivity index (χ1n) is 6.12. The maximum Gasteiger partial charge on any atom is 0.263 e. The van der Waals surface area contributed by atoms with Crippen LogP contribution in [0.1, 0.15) is 10.4 Å². The fourth-order valence-corrected chi connectivity index (χ4v) is 2.33. The predicted molar refractivity (Wildman–Crippen MR) is 80.4 cm³/mol. The van der Waals surface area contributed by atoms with Crippen molar-refractivity contribution in [2.45, 2.75) is 0 Å². The summed E-state index contributed by atoms with van der Waals surface area (Å²) in [5, 5.41) is 2.92. The summed E-state index contributed by atoms with van der Waals surface area (Å²) < 4.78 is 4.19. The summed E-state index contributed by atoms with van der Waals surface area (Å²) in [6.07, 6.45) is 1.47. The van der Waals surface area contributed by atoms with Gasteiger partial charge in [0.15, 0.2) is 5.82 Å². The number of rotatable bonds is 3. The molecule has 3 rings (SSSR count). The van der Waals surface area contributed by atoms with Crippen LogP contribution in [0.15, 0.2) is 53.5 Å². The Bertz CT molecular complexity index is 826. The van der Waals surface area contributed by atoms with Crippen molar-refractivity contribution in [3.8, 4) is 11.4 Å². The van der Waals surface area contributed by atoms with Gasteiger partial charge in [0.1, 0.15) is 5.56 Å². The minimum atomic E-state index is -0.507. The first-order valence-corrected chi connectivity index (χ1v) is 6.89. The number of nitrogens with one attached hydrogen (secondary N) is 2. The van der Waals surface area contributed by atoms with E-state index in [0.29, 0.717) is 11.0 Å². The first-order chi connectivity index (χ1) is 10.2. The van der Waals surface area contributed by atoms with Gasteiger partial charge in [-0.05, 0) is 12.1 Å². The third-order valence-corrected chi connectivity index (χ3v) is 3.37. The highest BCUT2D eigenvalue weighted by atomic mass is 32.1. The molecule has 1 aromatic carbocycles. The molecule has 1 amide bonds. The summed E-state index contributed by atoms with van der Waals surface area (Å²) in [5.41, 5.74) is 0.462. The second kappa shape index (κ2) is 5.68. The molecule has 0 unspecified atom stereocenters. The van der Waals surface area contributed by atoms with E-state index >= 15 is 0 Å². The molecule has 0 aliphatic carbocycles. The molecule has 0 atom stereocenters. The number of carbonyl (C=O) groups is 1. The van der Waals surface area contributed by atoms with Gasteiger partial charge in [0.05, 0.1) is 0 Å². The number of hydrogen-bond donors (Lipinski definition) is 2. The fraction of sp³-hybridized carbons (Fsp3) is 0. The van der Waals surface area contributed by atoms with Crippen molar-refractivity contribution in [3.05, 3.63) is 64.6 Å². The number of H-pyrrole nitrogens is 1. The Labute approximate surface area is 123 Å². The van der Waals surface area contributed by atoms with Gasteiger partial charge >= 0.3 is 0 Å². The molecule has 0 aliphatic rings. The predicted octanol–water partition coefficient (Wildman–Crippen LogP) is 2.15. The van der Waals surface area contributed by atoms with E-state index in [9.17, 15) is 9.59 Å². The molecule has 0 saturated heterocycles. The summed E-state index contributed by atoms with van der Waals surface area (Å²) in [7, 11) is 0. The van der Waals surface area contributed by atoms with Crippen molar-refractivity contribution in [2.75, 3.05) is 5.32 Å². The molecule has 21 heavy (non-hydrogen) atoms. The quantitative estimate of drug-likeness (QED) is 0.775. The van der Waals surface area contributed by atoms with Gasteiger partial charge in [0, 0.05) is 23.3 Å². The van der Waals surface area contributed by atoms with Gasteiger partial charge in [0.2, 0.25) is 5.13 Å². The Morgan fingerprint density at radius 1 is 1.14 bits per heavy atom. The first kappa shape index (κ1) is 13.2. The Hall–Kier alpha value is -2.80. The molecule has 7 heteroatoms. The summed E-state index contributed by atoms with van der Waals surface area (Å²) in [6, 6.07) is 12.5. The summed E-state index contributed by atoms with van der Waals surface area (Å²) in [5.74, 6) is 0.0329. The molecule has 6 nitrogen and oxygen atoms in total. The average Bonchev–Trinajstić information content (AvgIpc) is 2.97. The van der Waals surface area contributed by atoms with Crippen LogP contribution < -0.4 is 10.9 Å². The van der Waals surface area contributed by atoms with E-state index in [1.54, 1.807) is 6.07 Å². The van der Waals surface area contributed by atoms with Gasteiger partial charge in [-0.3, -0.25) is 14.9 Å². The van der Waals surface area contributed by atoms with E-state index in [-0.39, 0.29) is 5.56 Å². The van der Waals surface area contributed by atoms with Crippen molar-refractivity contribution < 1.29 is 4.79 Å². The van der Waals surface area contributed by atoms with Crippen molar-refractivity contribution in [2.24, 2.45) is 0 Å². The number of hydrogen-bond acceptors (Lipinski definition) is 5. The van der Waals surface area contributed by atoms with E-state index < -0.39 is 11.5 Å². The van der Waals surface area contributed by atoms with E-state index in [2.05, 4.69) is 19.7 Å². The van der Waals surface area contributed by atoms with E-state index in [1.165, 1.54) is 12.3 Å². The number of carbonyl (C=O) groups excluding carboxylic acids is 1. The van der Waals surface area contributed by atoms with Crippen LogP contribution in [0, 0.1) is 0 Å². The molecule has 2 heterocycles. The lowest BCUT2D eigenvalue weighted by Crippen LogP contribution is -2.22. The molecule has 0 saturated carbocycles. The van der Waals surface area contributed by atoms with E-state index in [4.69, 9.17) is 0 Å². The van der Waals surface area contributed by atoms with Crippen molar-refractivity contribution in [1.29, 1.82) is 0 Å². The van der Waals surface area contributed by atoms with Crippen LogP contribution in [0.25, 0.3) is 11.4 Å². The zero-order valence-corrected chi connectivity index (χ0v) is 11.6. The molecular weight excluding hydrogens is 288 g/mol. The van der Waals surface area contributed by atoms with Gasteiger partial charge in [-0.25, -0.2) is 0 Å². The largest absolute Gasteiger partial charge is 0.328 e. The number of aromatic nitrogens is 3. The normalized spacial score (nSPS) is 10.3. The zero-order chi connectivity index (χ0) is 14.7. The Kier molecular flexibility index (Phi) is 3.57. The zero-order valence-electron chi connectivity index (χ0n) is 10.7. The molecule has 0 spiro atoms. The number of aromatic amines is 1. The molecule has 0 radical (unpaired) electrons. The van der Waals surface area contributed by atoms with Crippen LogP contribution in [0.3, 0.4) is 0 Å². The number of nitrogens with zero attached hydrogens (tertiary/aromatic N) is 2. The second-order valence-electron chi connectivity index (χ2n) is 4.16. The van der Waals surface area contributed by atoms with Crippen LogP contribution in [0.2, 0.25) is 0 Å². The van der Waals surface area contributed by atoms with Crippen LogP contribution >= 0.6 is 11.5 Å². The molecule has 0 fully saturated rings. The highest BCUT2D eigenvalue weighted by molar-refractivity contribution is 7.10. The summed E-state index contributed by atoms with van der Waals surface area (Å²) in [6.45, 7) is 0. The van der Waals surface area contributed by atoms with Crippen molar-refractivity contribution >= 4 is 22.6 Å². The van der Waals surface area contributed by atoms with Crippen molar-refractivity contribution in [3.63, 3.8) is 0 Å². The van der Waals surface area contributed by atoms with Gasteiger partial charge in [-0.15, -0.1) is 0 Å². The highest BCUT2D eigenvalue weighted by Crippen LogP contribution is 2.20. The molecule has 2 aromatic heterocycles. The third kappa shape index (κ3) is 2.87.